The highest BCUT2D eigenvalue weighted by molar-refractivity contribution is 8.00. The molecule has 0 spiro atoms. The number of benzene rings is 2. The van der Waals surface area contributed by atoms with E-state index in [1.807, 2.05) is 26.0 Å². The lowest BCUT2D eigenvalue weighted by Crippen LogP contribution is -2.15. The van der Waals surface area contributed by atoms with Gasteiger partial charge in [-0.05, 0) is 44.2 Å². The number of nitrogens with one attached hydrogen (secondary N) is 1. The second kappa shape index (κ2) is 10.5. The molecule has 0 aliphatic carbocycles. The first-order chi connectivity index (χ1) is 15.1. The lowest BCUT2D eigenvalue weighted by Gasteiger charge is -2.13. The minimum Gasteiger partial charge on any atom is -0.497 e. The van der Waals surface area contributed by atoms with Gasteiger partial charge in [0.2, 0.25) is 5.91 Å². The van der Waals surface area contributed by atoms with E-state index in [-0.39, 0.29) is 11.7 Å². The van der Waals surface area contributed by atoms with Gasteiger partial charge in [-0.15, -0.1) is 0 Å². The highest BCUT2D eigenvalue weighted by Crippen LogP contribution is 2.31. The fourth-order valence-electron chi connectivity index (χ4n) is 2.91. The molecular formula is C23H23N3O4S. The van der Waals surface area contributed by atoms with Crippen molar-refractivity contribution in [3.05, 3.63) is 48.0 Å². The number of hydrogen-bond donors (Lipinski definition) is 1. The number of ether oxygens (including phenoxy) is 3. The molecule has 1 heterocycles. The van der Waals surface area contributed by atoms with Crippen molar-refractivity contribution in [2.75, 3.05) is 31.4 Å². The topological polar surface area (TPSA) is 93.5 Å². The Morgan fingerprint density at radius 3 is 2.58 bits per heavy atom. The van der Waals surface area contributed by atoms with Gasteiger partial charge in [0.1, 0.15) is 28.3 Å². The molecule has 3 rings (SSSR count). The Labute approximate surface area is 185 Å². The molecule has 0 aliphatic rings. The molecule has 0 atom stereocenters. The minimum atomic E-state index is -0.240. The smallest absolute Gasteiger partial charge is 0.234 e. The van der Waals surface area contributed by atoms with Crippen molar-refractivity contribution in [3.8, 4) is 23.3 Å². The van der Waals surface area contributed by atoms with Crippen LogP contribution in [0.15, 0.2) is 47.5 Å². The molecule has 0 unspecified atom stereocenters. The maximum absolute atomic E-state index is 12.6. The second-order valence-corrected chi connectivity index (χ2v) is 7.34. The van der Waals surface area contributed by atoms with E-state index in [1.165, 1.54) is 11.8 Å². The number of anilines is 1. The molecule has 0 fully saturated rings. The second-order valence-electron chi connectivity index (χ2n) is 6.37. The van der Waals surface area contributed by atoms with Crippen LogP contribution >= 0.6 is 11.8 Å². The van der Waals surface area contributed by atoms with Crippen molar-refractivity contribution in [1.82, 2.24) is 4.98 Å². The third-order valence-electron chi connectivity index (χ3n) is 4.29. The molecule has 1 aromatic heterocycles. The molecule has 0 saturated carbocycles. The van der Waals surface area contributed by atoms with Gasteiger partial charge in [0, 0.05) is 17.5 Å². The van der Waals surface area contributed by atoms with E-state index in [1.54, 1.807) is 37.4 Å². The number of hydrogen-bond acceptors (Lipinski definition) is 7. The van der Waals surface area contributed by atoms with Gasteiger partial charge in [0.05, 0.1) is 42.8 Å². The maximum Gasteiger partial charge on any atom is 0.234 e. The van der Waals surface area contributed by atoms with Gasteiger partial charge in [-0.1, -0.05) is 11.8 Å². The summed E-state index contributed by atoms with van der Waals surface area (Å²) in [6.45, 7) is 4.76. The fourth-order valence-corrected chi connectivity index (χ4v) is 3.67. The summed E-state index contributed by atoms with van der Waals surface area (Å²) in [7, 11) is 1.59. The molecule has 7 nitrogen and oxygen atoms in total. The van der Waals surface area contributed by atoms with Crippen molar-refractivity contribution >= 4 is 34.3 Å². The Morgan fingerprint density at radius 1 is 1.10 bits per heavy atom. The highest BCUT2D eigenvalue weighted by Gasteiger charge is 2.13. The first kappa shape index (κ1) is 22.2. The summed E-state index contributed by atoms with van der Waals surface area (Å²) in [6.07, 6.45) is 0. The molecular weight excluding hydrogens is 414 g/mol. The number of pyridine rings is 1. The standard InChI is InChI=1S/C23H23N3O4S/c1-4-29-18-8-9-21(30-5-2)20(12-18)25-22(27)14-31-23-16(13-24)10-15-6-7-17(28-3)11-19(15)26-23/h6-12H,4-5,14H2,1-3H3,(H,25,27). The van der Waals surface area contributed by atoms with E-state index in [0.717, 1.165) is 5.39 Å². The van der Waals surface area contributed by atoms with Gasteiger partial charge >= 0.3 is 0 Å². The Balaban J connectivity index is 1.77. The first-order valence-electron chi connectivity index (χ1n) is 9.79. The number of aromatic nitrogens is 1. The normalized spacial score (nSPS) is 10.4. The van der Waals surface area contributed by atoms with Crippen LogP contribution in [-0.4, -0.2) is 37.0 Å². The van der Waals surface area contributed by atoms with Gasteiger partial charge in [-0.2, -0.15) is 5.26 Å². The van der Waals surface area contributed by atoms with Crippen LogP contribution in [0.1, 0.15) is 19.4 Å². The lowest BCUT2D eigenvalue weighted by molar-refractivity contribution is -0.113. The van der Waals surface area contributed by atoms with E-state index in [9.17, 15) is 10.1 Å². The average molecular weight is 438 g/mol. The summed E-state index contributed by atoms with van der Waals surface area (Å²) in [4.78, 5) is 17.2. The molecule has 1 N–H and O–H groups in total. The Bertz CT molecular complexity index is 1130. The van der Waals surface area contributed by atoms with Crippen LogP contribution in [0.2, 0.25) is 0 Å². The van der Waals surface area contributed by atoms with Crippen molar-refractivity contribution < 1.29 is 19.0 Å². The van der Waals surface area contributed by atoms with Crippen LogP contribution in [0.4, 0.5) is 5.69 Å². The first-order valence-corrected chi connectivity index (χ1v) is 10.8. The monoisotopic (exact) mass is 437 g/mol. The Kier molecular flexibility index (Phi) is 7.57. The van der Waals surface area contributed by atoms with Gasteiger partial charge < -0.3 is 19.5 Å². The minimum absolute atomic E-state index is 0.0849. The number of nitrogens with zero attached hydrogens (tertiary/aromatic N) is 2. The molecule has 160 valence electrons. The summed E-state index contributed by atoms with van der Waals surface area (Å²) >= 11 is 1.20. The van der Waals surface area contributed by atoms with Crippen molar-refractivity contribution in [3.63, 3.8) is 0 Å². The van der Waals surface area contributed by atoms with Crippen LogP contribution in [0.3, 0.4) is 0 Å². The zero-order chi connectivity index (χ0) is 22.2. The van der Waals surface area contributed by atoms with Gasteiger partial charge in [-0.25, -0.2) is 4.98 Å². The molecule has 2 aromatic carbocycles. The molecule has 1 amide bonds. The van der Waals surface area contributed by atoms with E-state index in [2.05, 4.69) is 16.4 Å². The number of amides is 1. The van der Waals surface area contributed by atoms with Gasteiger partial charge in [0.25, 0.3) is 0 Å². The molecule has 8 heteroatoms. The van der Waals surface area contributed by atoms with E-state index >= 15 is 0 Å². The molecule has 3 aromatic rings. The van der Waals surface area contributed by atoms with E-state index < -0.39 is 0 Å². The zero-order valence-electron chi connectivity index (χ0n) is 17.6. The summed E-state index contributed by atoms with van der Waals surface area (Å²) in [5.74, 6) is 1.73. The Hall–Kier alpha value is -3.44. The summed E-state index contributed by atoms with van der Waals surface area (Å²) in [5.41, 5.74) is 1.66. The summed E-state index contributed by atoms with van der Waals surface area (Å²) < 4.78 is 16.4. The van der Waals surface area contributed by atoms with Crippen molar-refractivity contribution in [2.24, 2.45) is 0 Å². The summed E-state index contributed by atoms with van der Waals surface area (Å²) in [5, 5.41) is 13.7. The Morgan fingerprint density at radius 2 is 1.87 bits per heavy atom. The predicted octanol–water partition coefficient (Wildman–Crippen LogP) is 4.64. The van der Waals surface area contributed by atoms with E-state index in [0.29, 0.717) is 52.3 Å². The third-order valence-corrected chi connectivity index (χ3v) is 5.28. The number of carbonyl (C=O) groups excluding carboxylic acids is 1. The van der Waals surface area contributed by atoms with Crippen LogP contribution < -0.4 is 19.5 Å². The number of fused-ring (bicyclic) bond motifs is 1. The van der Waals surface area contributed by atoms with Crippen LogP contribution in [0.5, 0.6) is 17.2 Å². The SMILES string of the molecule is CCOc1ccc(OCC)c(NC(=O)CSc2nc3cc(OC)ccc3cc2C#N)c1. The van der Waals surface area contributed by atoms with Crippen LogP contribution in [-0.2, 0) is 4.79 Å². The number of thioether (sulfide) groups is 1. The zero-order valence-corrected chi connectivity index (χ0v) is 18.4. The quantitative estimate of drug-likeness (QED) is 0.487. The van der Waals surface area contributed by atoms with Gasteiger partial charge in [-0.3, -0.25) is 4.79 Å². The third kappa shape index (κ3) is 5.58. The predicted molar refractivity (Wildman–Crippen MR) is 121 cm³/mol. The van der Waals surface area contributed by atoms with Crippen molar-refractivity contribution in [2.45, 2.75) is 18.9 Å². The van der Waals surface area contributed by atoms with Crippen LogP contribution in [0, 0.1) is 11.3 Å². The van der Waals surface area contributed by atoms with E-state index in [4.69, 9.17) is 14.2 Å². The fraction of sp³-hybridized carbons (Fsp3) is 0.261. The number of carbonyl (C=O) groups is 1. The number of methoxy groups -OCH3 is 1. The molecule has 0 radical (unpaired) electrons. The summed E-state index contributed by atoms with van der Waals surface area (Å²) in [6, 6.07) is 14.7. The highest BCUT2D eigenvalue weighted by atomic mass is 32.2. The van der Waals surface area contributed by atoms with Crippen molar-refractivity contribution in [1.29, 1.82) is 5.26 Å². The molecule has 31 heavy (non-hydrogen) atoms. The largest absolute Gasteiger partial charge is 0.497 e. The molecule has 0 bridgehead atoms. The molecule has 0 saturated heterocycles. The van der Waals surface area contributed by atoms with Gasteiger partial charge in [0.15, 0.2) is 0 Å². The number of nitriles is 1. The van der Waals surface area contributed by atoms with Crippen LogP contribution in [0.25, 0.3) is 10.9 Å². The number of rotatable bonds is 9. The average Bonchev–Trinajstić information content (AvgIpc) is 2.78. The lowest BCUT2D eigenvalue weighted by atomic mass is 10.1. The maximum atomic E-state index is 12.6. The molecule has 0 aliphatic heterocycles.